The first-order valence-corrected chi connectivity index (χ1v) is 6.70. The smallest absolute Gasteiger partial charge is 0.479 e. The van der Waals surface area contributed by atoms with Crippen molar-refractivity contribution < 1.29 is 32.5 Å². The molecule has 2 rings (SSSR count). The number of halogens is 3. The third-order valence-electron chi connectivity index (χ3n) is 3.55. The Balaban J connectivity index is 2.38. The van der Waals surface area contributed by atoms with E-state index in [4.69, 9.17) is 9.84 Å². The molecule has 0 saturated heterocycles. The van der Waals surface area contributed by atoms with Crippen molar-refractivity contribution in [2.45, 2.75) is 37.6 Å². The Bertz CT molecular complexity index is 575. The van der Waals surface area contributed by atoms with Crippen molar-refractivity contribution in [1.82, 2.24) is 0 Å². The van der Waals surface area contributed by atoms with Crippen molar-refractivity contribution in [1.29, 1.82) is 0 Å². The van der Waals surface area contributed by atoms with Crippen LogP contribution in [0.15, 0.2) is 30.9 Å². The van der Waals surface area contributed by atoms with Gasteiger partial charge in [0.2, 0.25) is 0 Å². The highest BCUT2D eigenvalue weighted by Gasteiger charge is 2.36. The second-order valence-corrected chi connectivity index (χ2v) is 5.09. The predicted molar refractivity (Wildman–Crippen MR) is 72.1 cm³/mol. The van der Waals surface area contributed by atoms with Crippen LogP contribution < -0.4 is 9.47 Å². The van der Waals surface area contributed by atoms with Crippen LogP contribution in [0.5, 0.6) is 11.5 Å². The number of hydrogen-bond acceptors (Lipinski definition) is 3. The predicted octanol–water partition coefficient (Wildman–Crippen LogP) is 4.16. The van der Waals surface area contributed by atoms with Gasteiger partial charge < -0.3 is 14.6 Å². The normalized spacial score (nSPS) is 17.0. The van der Waals surface area contributed by atoms with E-state index in [0.29, 0.717) is 12.8 Å². The molecule has 1 aromatic carbocycles. The fourth-order valence-electron chi connectivity index (χ4n) is 2.47. The molecule has 1 aliphatic rings. The molecule has 0 amide bonds. The third-order valence-corrected chi connectivity index (χ3v) is 3.55. The lowest BCUT2D eigenvalue weighted by Crippen LogP contribution is -2.30. The molecule has 0 heterocycles. The number of hydrogen-bond donors (Lipinski definition) is 1. The molecule has 7 heteroatoms. The highest BCUT2D eigenvalue weighted by atomic mass is 19.4. The van der Waals surface area contributed by atoms with Crippen molar-refractivity contribution >= 4 is 5.97 Å². The van der Waals surface area contributed by atoms with E-state index in [2.05, 4.69) is 11.3 Å². The molecular weight excluding hydrogens is 301 g/mol. The number of carboxylic acids is 1. The zero-order chi connectivity index (χ0) is 16.4. The van der Waals surface area contributed by atoms with Gasteiger partial charge in [0.05, 0.1) is 5.56 Å². The van der Waals surface area contributed by atoms with Gasteiger partial charge >= 0.3 is 12.3 Å². The van der Waals surface area contributed by atoms with E-state index in [1.807, 2.05) is 0 Å². The monoisotopic (exact) mass is 316 g/mol. The number of alkyl halides is 3. The average molecular weight is 316 g/mol. The summed E-state index contributed by atoms with van der Waals surface area (Å²) in [5.41, 5.74) is -0.970. The molecule has 4 nitrogen and oxygen atoms in total. The van der Waals surface area contributed by atoms with Crippen molar-refractivity contribution in [2.24, 2.45) is 0 Å². The molecule has 0 radical (unpaired) electrons. The fourth-order valence-corrected chi connectivity index (χ4v) is 2.47. The van der Waals surface area contributed by atoms with Crippen molar-refractivity contribution in [3.05, 3.63) is 36.4 Å². The number of carboxylic acid groups (broad SMARTS) is 1. The number of ether oxygens (including phenoxy) is 2. The van der Waals surface area contributed by atoms with Crippen LogP contribution in [0.4, 0.5) is 13.2 Å². The van der Waals surface area contributed by atoms with E-state index in [9.17, 15) is 18.0 Å². The summed E-state index contributed by atoms with van der Waals surface area (Å²) in [4.78, 5) is 11.0. The maximum absolute atomic E-state index is 12.5. The largest absolute Gasteiger partial charge is 0.573 e. The highest BCUT2D eigenvalue weighted by Crippen LogP contribution is 2.40. The summed E-state index contributed by atoms with van der Waals surface area (Å²) in [6.07, 6.45) is -0.399. The van der Waals surface area contributed by atoms with E-state index < -0.39 is 23.7 Å². The summed E-state index contributed by atoms with van der Waals surface area (Å²) in [5, 5.41) is 8.98. The molecule has 1 saturated carbocycles. The first-order chi connectivity index (χ1) is 10.2. The van der Waals surface area contributed by atoms with Crippen LogP contribution in [-0.4, -0.2) is 23.0 Å². The van der Waals surface area contributed by atoms with Gasteiger partial charge in [-0.25, -0.2) is 4.79 Å². The maximum atomic E-state index is 12.5. The fraction of sp³-hybridized carbons (Fsp3) is 0.400. The minimum atomic E-state index is -4.89. The van der Waals surface area contributed by atoms with Crippen LogP contribution in [0.1, 0.15) is 36.0 Å². The Morgan fingerprint density at radius 3 is 2.41 bits per heavy atom. The van der Waals surface area contributed by atoms with E-state index in [1.165, 1.54) is 0 Å². The molecular formula is C15H15F3O4. The van der Waals surface area contributed by atoms with Gasteiger partial charge in [0.15, 0.2) is 11.5 Å². The molecule has 0 spiro atoms. The minimum Gasteiger partial charge on any atom is -0.479 e. The lowest BCUT2D eigenvalue weighted by molar-refractivity contribution is -0.275. The number of benzene rings is 1. The molecule has 1 fully saturated rings. The van der Waals surface area contributed by atoms with Gasteiger partial charge in [0.25, 0.3) is 0 Å². The molecule has 0 aromatic heterocycles. The number of aromatic carboxylic acids is 1. The minimum absolute atomic E-state index is 0.179. The Morgan fingerprint density at radius 2 is 1.91 bits per heavy atom. The molecule has 0 aliphatic heterocycles. The lowest BCUT2D eigenvalue weighted by atomic mass is 10.0. The van der Waals surface area contributed by atoms with E-state index in [-0.39, 0.29) is 11.3 Å². The van der Waals surface area contributed by atoms with Gasteiger partial charge in [0, 0.05) is 0 Å². The van der Waals surface area contributed by atoms with E-state index in [1.54, 1.807) is 6.08 Å². The molecule has 0 atom stereocenters. The summed E-state index contributed by atoms with van der Waals surface area (Å²) in [6.45, 7) is 3.67. The van der Waals surface area contributed by atoms with Crippen molar-refractivity contribution in [3.8, 4) is 11.5 Å². The van der Waals surface area contributed by atoms with E-state index >= 15 is 0 Å². The second kappa shape index (κ2) is 5.90. The standard InChI is InChI=1S/C15H15F3O4/c1-2-14(7-3-4-8-14)21-12-9-10(13(19)20)5-6-11(12)22-15(16,17)18/h2,5-6,9H,1,3-4,7-8H2,(H,19,20). The van der Waals surface area contributed by atoms with Crippen LogP contribution in [0, 0.1) is 0 Å². The molecule has 1 aromatic rings. The highest BCUT2D eigenvalue weighted by molar-refractivity contribution is 5.88. The second-order valence-electron chi connectivity index (χ2n) is 5.09. The Morgan fingerprint density at radius 1 is 1.27 bits per heavy atom. The van der Waals surface area contributed by atoms with Gasteiger partial charge in [-0.05, 0) is 50.0 Å². The summed E-state index contributed by atoms with van der Waals surface area (Å²) in [5.74, 6) is -2.08. The zero-order valence-corrected chi connectivity index (χ0v) is 11.7. The first kappa shape index (κ1) is 16.2. The van der Waals surface area contributed by atoms with Crippen LogP contribution in [0.25, 0.3) is 0 Å². The lowest BCUT2D eigenvalue weighted by Gasteiger charge is -2.28. The quantitative estimate of drug-likeness (QED) is 0.829. The summed E-state index contributed by atoms with van der Waals surface area (Å²) >= 11 is 0. The number of carbonyl (C=O) groups is 1. The van der Waals surface area contributed by atoms with Crippen LogP contribution >= 0.6 is 0 Å². The Kier molecular flexibility index (Phi) is 4.35. The average Bonchev–Trinajstić information content (AvgIpc) is 2.88. The zero-order valence-electron chi connectivity index (χ0n) is 11.7. The van der Waals surface area contributed by atoms with Crippen LogP contribution in [0.3, 0.4) is 0 Å². The maximum Gasteiger partial charge on any atom is 0.573 e. The third kappa shape index (κ3) is 3.72. The van der Waals surface area contributed by atoms with E-state index in [0.717, 1.165) is 31.0 Å². The van der Waals surface area contributed by atoms with Gasteiger partial charge in [0.1, 0.15) is 5.60 Å². The van der Waals surface area contributed by atoms with Crippen LogP contribution in [0.2, 0.25) is 0 Å². The first-order valence-electron chi connectivity index (χ1n) is 6.70. The summed E-state index contributed by atoms with van der Waals surface area (Å²) in [6, 6.07) is 3.01. The topological polar surface area (TPSA) is 55.8 Å². The van der Waals surface area contributed by atoms with Crippen LogP contribution in [-0.2, 0) is 0 Å². The summed E-state index contributed by atoms with van der Waals surface area (Å²) < 4.78 is 47.0. The van der Waals surface area contributed by atoms with Crippen molar-refractivity contribution in [3.63, 3.8) is 0 Å². The molecule has 1 aliphatic carbocycles. The number of rotatable bonds is 5. The SMILES string of the molecule is C=CC1(Oc2cc(C(=O)O)ccc2OC(F)(F)F)CCCC1. The molecule has 120 valence electrons. The molecule has 1 N–H and O–H groups in total. The van der Waals surface area contributed by atoms with Gasteiger partial charge in [-0.1, -0.05) is 6.58 Å². The molecule has 0 unspecified atom stereocenters. The van der Waals surface area contributed by atoms with Gasteiger partial charge in [-0.15, -0.1) is 13.2 Å². The van der Waals surface area contributed by atoms with Crippen molar-refractivity contribution in [2.75, 3.05) is 0 Å². The summed E-state index contributed by atoms with van der Waals surface area (Å²) in [7, 11) is 0. The Hall–Kier alpha value is -2.18. The van der Waals surface area contributed by atoms with Gasteiger partial charge in [-0.3, -0.25) is 0 Å². The van der Waals surface area contributed by atoms with Gasteiger partial charge in [-0.2, -0.15) is 0 Å². The Labute approximate surface area is 125 Å². The molecule has 0 bridgehead atoms. The molecule has 22 heavy (non-hydrogen) atoms.